The Hall–Kier alpha value is -3.55. The minimum atomic E-state index is -0.322. The second-order valence-electron chi connectivity index (χ2n) is 7.94. The average molecular weight is 491 g/mol. The van der Waals surface area contributed by atoms with Crippen LogP contribution in [0, 0.1) is 5.82 Å². The van der Waals surface area contributed by atoms with Gasteiger partial charge in [-0.3, -0.25) is 0 Å². The third-order valence-corrected chi connectivity index (χ3v) is 6.29. The molecular formula is C26H20ClFN4OS. The molecule has 0 amide bonds. The normalized spacial score (nSPS) is 16.0. The van der Waals surface area contributed by atoms with Crippen LogP contribution in [0.3, 0.4) is 0 Å². The number of hydrogen-bond acceptors (Lipinski definition) is 4. The van der Waals surface area contributed by atoms with Crippen molar-refractivity contribution in [3.8, 4) is 11.4 Å². The Morgan fingerprint density at radius 1 is 1.06 bits per heavy atom. The predicted molar refractivity (Wildman–Crippen MR) is 134 cm³/mol. The van der Waals surface area contributed by atoms with Crippen molar-refractivity contribution >= 4 is 34.5 Å². The summed E-state index contributed by atoms with van der Waals surface area (Å²) in [5.74, 6) is 0.435. The van der Waals surface area contributed by atoms with Crippen LogP contribution >= 0.6 is 23.8 Å². The van der Waals surface area contributed by atoms with E-state index in [2.05, 4.69) is 15.5 Å². The highest BCUT2D eigenvalue weighted by Gasteiger charge is 2.34. The Bertz CT molecular complexity index is 1370. The van der Waals surface area contributed by atoms with Crippen LogP contribution in [0.5, 0.6) is 0 Å². The van der Waals surface area contributed by atoms with Gasteiger partial charge in [0.2, 0.25) is 5.82 Å². The fourth-order valence-corrected chi connectivity index (χ4v) is 4.54. The van der Waals surface area contributed by atoms with E-state index < -0.39 is 0 Å². The molecule has 0 saturated carbocycles. The summed E-state index contributed by atoms with van der Waals surface area (Å²) in [6.07, 6.45) is 0. The van der Waals surface area contributed by atoms with E-state index in [0.717, 1.165) is 22.4 Å². The summed E-state index contributed by atoms with van der Waals surface area (Å²) in [4.78, 5) is 6.65. The Morgan fingerprint density at radius 3 is 2.56 bits per heavy atom. The van der Waals surface area contributed by atoms with E-state index in [-0.39, 0.29) is 11.9 Å². The molecule has 4 aromatic rings. The molecule has 0 radical (unpaired) electrons. The predicted octanol–water partition coefficient (Wildman–Crippen LogP) is 6.39. The summed E-state index contributed by atoms with van der Waals surface area (Å²) >= 11 is 12.0. The van der Waals surface area contributed by atoms with Gasteiger partial charge in [-0.15, -0.1) is 0 Å². The maximum atomic E-state index is 13.4. The molecule has 1 aliphatic rings. The summed E-state index contributed by atoms with van der Waals surface area (Å²) < 4.78 is 19.1. The van der Waals surface area contributed by atoms with Crippen molar-refractivity contribution in [3.63, 3.8) is 0 Å². The Balaban J connectivity index is 1.59. The molecule has 0 bridgehead atoms. The van der Waals surface area contributed by atoms with Crippen molar-refractivity contribution < 1.29 is 8.91 Å². The Kier molecular flexibility index (Phi) is 6.13. The first-order valence-corrected chi connectivity index (χ1v) is 11.5. The van der Waals surface area contributed by atoms with Crippen molar-refractivity contribution in [2.45, 2.75) is 19.5 Å². The van der Waals surface area contributed by atoms with Crippen LogP contribution < -0.4 is 5.32 Å². The highest BCUT2D eigenvalue weighted by molar-refractivity contribution is 7.80. The number of halogens is 2. The number of nitrogens with zero attached hydrogens (tertiary/aromatic N) is 3. The zero-order chi connectivity index (χ0) is 23.7. The molecule has 1 aromatic heterocycles. The van der Waals surface area contributed by atoms with Crippen molar-refractivity contribution in [2.75, 3.05) is 0 Å². The van der Waals surface area contributed by atoms with Gasteiger partial charge in [0.25, 0.3) is 5.89 Å². The molecule has 0 saturated heterocycles. The highest BCUT2D eigenvalue weighted by Crippen LogP contribution is 2.38. The van der Waals surface area contributed by atoms with Gasteiger partial charge in [-0.1, -0.05) is 59.2 Å². The first kappa shape index (κ1) is 22.3. The lowest BCUT2D eigenvalue weighted by molar-refractivity contribution is 0.396. The third-order valence-electron chi connectivity index (χ3n) is 5.72. The van der Waals surface area contributed by atoms with Gasteiger partial charge in [-0.2, -0.15) is 4.98 Å². The van der Waals surface area contributed by atoms with E-state index in [1.54, 1.807) is 12.1 Å². The van der Waals surface area contributed by atoms with Gasteiger partial charge in [0.1, 0.15) is 5.82 Å². The standard InChI is InChI=1S/C26H20ClFN4OS/c1-16-22(25-30-24(31-33-25)19-10-12-21(28)13-11-19)23(18-7-3-2-4-8-18)29-26(34)32(16)15-17-6-5-9-20(27)14-17/h2-14,23H,15H2,1H3,(H,29,34). The molecule has 5 rings (SSSR count). The van der Waals surface area contributed by atoms with Gasteiger partial charge in [0.05, 0.1) is 18.2 Å². The van der Waals surface area contributed by atoms with Crippen molar-refractivity contribution in [1.29, 1.82) is 0 Å². The zero-order valence-electron chi connectivity index (χ0n) is 18.2. The summed E-state index contributed by atoms with van der Waals surface area (Å²) in [6.45, 7) is 2.52. The maximum Gasteiger partial charge on any atom is 0.258 e. The lowest BCUT2D eigenvalue weighted by Crippen LogP contribution is -2.45. The largest absolute Gasteiger partial charge is 0.351 e. The van der Waals surface area contributed by atoms with E-state index in [1.165, 1.54) is 12.1 Å². The number of allylic oxidation sites excluding steroid dienone is 1. The van der Waals surface area contributed by atoms with E-state index in [1.807, 2.05) is 66.4 Å². The van der Waals surface area contributed by atoms with Crippen molar-refractivity contribution in [1.82, 2.24) is 20.4 Å². The molecule has 0 fully saturated rings. The van der Waals surface area contributed by atoms with Gasteiger partial charge in [-0.05, 0) is 66.7 Å². The molecule has 34 heavy (non-hydrogen) atoms. The zero-order valence-corrected chi connectivity index (χ0v) is 19.8. The lowest BCUT2D eigenvalue weighted by atomic mass is 9.94. The summed E-state index contributed by atoms with van der Waals surface area (Å²) in [5.41, 5.74) is 4.42. The first-order valence-electron chi connectivity index (χ1n) is 10.7. The van der Waals surface area contributed by atoms with Crippen LogP contribution in [-0.2, 0) is 6.54 Å². The molecule has 0 spiro atoms. The molecule has 2 heterocycles. The van der Waals surface area contributed by atoms with E-state index in [9.17, 15) is 4.39 Å². The number of hydrogen-bond donors (Lipinski definition) is 1. The minimum absolute atomic E-state index is 0.272. The molecule has 1 unspecified atom stereocenters. The molecule has 1 N–H and O–H groups in total. The molecular weight excluding hydrogens is 471 g/mol. The summed E-state index contributed by atoms with van der Waals surface area (Å²) in [6, 6.07) is 23.4. The number of benzene rings is 3. The molecule has 1 atom stereocenters. The maximum absolute atomic E-state index is 13.4. The second kappa shape index (κ2) is 9.37. The number of thiocarbonyl (C=S) groups is 1. The van der Waals surface area contributed by atoms with Gasteiger partial charge in [0.15, 0.2) is 5.11 Å². The van der Waals surface area contributed by atoms with Crippen LogP contribution in [0.2, 0.25) is 5.02 Å². The van der Waals surface area contributed by atoms with Crippen LogP contribution in [-0.4, -0.2) is 20.2 Å². The topological polar surface area (TPSA) is 54.2 Å². The smallest absolute Gasteiger partial charge is 0.258 e. The summed E-state index contributed by atoms with van der Waals surface area (Å²) in [5, 5.41) is 8.85. The molecule has 170 valence electrons. The lowest BCUT2D eigenvalue weighted by Gasteiger charge is -2.37. The van der Waals surface area contributed by atoms with E-state index >= 15 is 0 Å². The molecule has 5 nitrogen and oxygen atoms in total. The van der Waals surface area contributed by atoms with Crippen LogP contribution in [0.4, 0.5) is 4.39 Å². The van der Waals surface area contributed by atoms with Gasteiger partial charge in [0, 0.05) is 16.3 Å². The molecule has 3 aromatic carbocycles. The van der Waals surface area contributed by atoms with E-state index in [0.29, 0.717) is 34.0 Å². The monoisotopic (exact) mass is 490 g/mol. The van der Waals surface area contributed by atoms with Crippen molar-refractivity contribution in [2.24, 2.45) is 0 Å². The average Bonchev–Trinajstić information content (AvgIpc) is 3.32. The highest BCUT2D eigenvalue weighted by atomic mass is 35.5. The van der Waals surface area contributed by atoms with Crippen LogP contribution in [0.1, 0.15) is 30.0 Å². The summed E-state index contributed by atoms with van der Waals surface area (Å²) in [7, 11) is 0. The Labute approximate surface area is 206 Å². The third kappa shape index (κ3) is 4.44. The fraction of sp³-hybridized carbons (Fsp3) is 0.115. The number of rotatable bonds is 5. The minimum Gasteiger partial charge on any atom is -0.351 e. The van der Waals surface area contributed by atoms with Crippen molar-refractivity contribution in [3.05, 3.63) is 112 Å². The number of aromatic nitrogens is 2. The molecule has 1 aliphatic heterocycles. The van der Waals surface area contributed by atoms with Gasteiger partial charge < -0.3 is 14.7 Å². The second-order valence-corrected chi connectivity index (χ2v) is 8.76. The SMILES string of the molecule is CC1=C(c2nc(-c3ccc(F)cc3)no2)C(c2ccccc2)NC(=S)N1Cc1cccc(Cl)c1. The fourth-order valence-electron chi connectivity index (χ4n) is 4.01. The van der Waals surface area contributed by atoms with Crippen LogP contribution in [0.25, 0.3) is 17.0 Å². The van der Waals surface area contributed by atoms with E-state index in [4.69, 9.17) is 28.3 Å². The number of nitrogens with one attached hydrogen (secondary N) is 1. The Morgan fingerprint density at radius 2 is 1.82 bits per heavy atom. The van der Waals surface area contributed by atoms with Gasteiger partial charge >= 0.3 is 0 Å². The van der Waals surface area contributed by atoms with Gasteiger partial charge in [-0.25, -0.2) is 4.39 Å². The molecule has 0 aliphatic carbocycles. The molecule has 8 heteroatoms. The first-order chi connectivity index (χ1) is 16.5. The van der Waals surface area contributed by atoms with Crippen LogP contribution in [0.15, 0.2) is 89.1 Å². The quantitative estimate of drug-likeness (QED) is 0.327.